The molecule has 0 aliphatic carbocycles. The van der Waals surface area contributed by atoms with Crippen molar-refractivity contribution >= 4 is 22.8 Å². The molecule has 7 nitrogen and oxygen atoms in total. The topological polar surface area (TPSA) is 92.6 Å². The van der Waals surface area contributed by atoms with Gasteiger partial charge in [-0.15, -0.1) is 0 Å². The Hall–Kier alpha value is -3.58. The van der Waals surface area contributed by atoms with Gasteiger partial charge < -0.3 is 25.1 Å². The molecule has 2 amide bonds. The van der Waals surface area contributed by atoms with Crippen LogP contribution in [-0.2, 0) is 9.53 Å². The summed E-state index contributed by atoms with van der Waals surface area (Å²) in [5, 5.41) is 11.3. The smallest absolute Gasteiger partial charge is 0.338 e. The number of amides is 2. The first kappa shape index (κ1) is 20.7. The molecule has 0 fully saturated rings. The molecular formula is C24H25N3O4. The zero-order chi connectivity index (χ0) is 21.8. The summed E-state index contributed by atoms with van der Waals surface area (Å²) in [7, 11) is 0. The van der Waals surface area contributed by atoms with Gasteiger partial charge in [-0.3, -0.25) is 0 Å². The minimum Gasteiger partial charge on any atom is -0.467 e. The van der Waals surface area contributed by atoms with E-state index in [-0.39, 0.29) is 19.2 Å². The molecule has 3 aromatic rings. The Morgan fingerprint density at radius 1 is 1.16 bits per heavy atom. The van der Waals surface area contributed by atoms with Crippen molar-refractivity contribution in [3.05, 3.63) is 83.5 Å². The number of carbonyl (C=O) groups excluding carboxylic acids is 2. The Labute approximate surface area is 180 Å². The van der Waals surface area contributed by atoms with Crippen LogP contribution >= 0.6 is 0 Å². The van der Waals surface area contributed by atoms with Gasteiger partial charge in [-0.1, -0.05) is 42.5 Å². The molecule has 0 saturated carbocycles. The predicted octanol–water partition coefficient (Wildman–Crippen LogP) is 3.95. The summed E-state index contributed by atoms with van der Waals surface area (Å²) in [5.41, 5.74) is 1.93. The average Bonchev–Trinajstić information content (AvgIpc) is 3.31. The summed E-state index contributed by atoms with van der Waals surface area (Å²) in [4.78, 5) is 25.1. The van der Waals surface area contributed by atoms with Crippen LogP contribution in [0.15, 0.2) is 76.5 Å². The van der Waals surface area contributed by atoms with Crippen molar-refractivity contribution in [3.8, 4) is 0 Å². The van der Waals surface area contributed by atoms with Crippen LogP contribution in [-0.4, -0.2) is 25.2 Å². The number of esters is 1. The molecule has 7 heteroatoms. The van der Waals surface area contributed by atoms with Gasteiger partial charge in [-0.25, -0.2) is 9.59 Å². The number of nitrogens with one attached hydrogen (secondary N) is 3. The first-order chi connectivity index (χ1) is 15.1. The summed E-state index contributed by atoms with van der Waals surface area (Å²) in [5.74, 6) is -0.0245. The summed E-state index contributed by atoms with van der Waals surface area (Å²) in [6.07, 6.45) is 1.51. The van der Waals surface area contributed by atoms with Gasteiger partial charge in [0.1, 0.15) is 11.8 Å². The van der Waals surface area contributed by atoms with Crippen molar-refractivity contribution in [2.45, 2.75) is 25.9 Å². The van der Waals surface area contributed by atoms with E-state index in [1.54, 1.807) is 19.1 Å². The van der Waals surface area contributed by atoms with Crippen LogP contribution in [0.4, 0.5) is 4.79 Å². The summed E-state index contributed by atoms with van der Waals surface area (Å²) < 4.78 is 10.7. The predicted molar refractivity (Wildman–Crippen MR) is 117 cm³/mol. The molecule has 31 heavy (non-hydrogen) atoms. The monoisotopic (exact) mass is 419 g/mol. The number of fused-ring (bicyclic) bond motifs is 1. The molecule has 2 heterocycles. The third-order valence-corrected chi connectivity index (χ3v) is 5.35. The van der Waals surface area contributed by atoms with E-state index in [1.165, 1.54) is 6.26 Å². The Balaban J connectivity index is 1.64. The lowest BCUT2D eigenvalue weighted by Gasteiger charge is -2.28. The number of benzene rings is 2. The van der Waals surface area contributed by atoms with Crippen LogP contribution in [0, 0.1) is 0 Å². The molecule has 0 unspecified atom stereocenters. The minimum atomic E-state index is -0.715. The highest BCUT2D eigenvalue weighted by Gasteiger charge is 2.35. The first-order valence-corrected chi connectivity index (χ1v) is 10.3. The van der Waals surface area contributed by atoms with E-state index < -0.39 is 18.0 Å². The number of hydrogen-bond acceptors (Lipinski definition) is 5. The Morgan fingerprint density at radius 3 is 2.74 bits per heavy atom. The number of hydrogen-bond donors (Lipinski definition) is 3. The first-order valence-electron chi connectivity index (χ1n) is 10.3. The van der Waals surface area contributed by atoms with Gasteiger partial charge in [0.15, 0.2) is 0 Å². The molecule has 2 aromatic carbocycles. The Bertz CT molecular complexity index is 1120. The van der Waals surface area contributed by atoms with Crippen LogP contribution < -0.4 is 16.0 Å². The fourth-order valence-electron chi connectivity index (χ4n) is 3.87. The second-order valence-electron chi connectivity index (χ2n) is 7.33. The van der Waals surface area contributed by atoms with E-state index in [0.29, 0.717) is 17.0 Å². The van der Waals surface area contributed by atoms with E-state index in [0.717, 1.165) is 16.3 Å². The third kappa shape index (κ3) is 4.32. The van der Waals surface area contributed by atoms with E-state index in [9.17, 15) is 9.59 Å². The van der Waals surface area contributed by atoms with Gasteiger partial charge in [0.05, 0.1) is 18.4 Å². The SMILES string of the molecule is CCOC(=O)C1=C(CN[C@@H](C)c2cccc3ccccc23)NC(=O)N[C@H]1c1ccco1. The van der Waals surface area contributed by atoms with Gasteiger partial charge in [-0.2, -0.15) is 0 Å². The van der Waals surface area contributed by atoms with Crippen LogP contribution in [0.25, 0.3) is 10.8 Å². The second kappa shape index (κ2) is 9.06. The molecular weight excluding hydrogens is 394 g/mol. The number of urea groups is 1. The molecule has 0 bridgehead atoms. The highest BCUT2D eigenvalue weighted by Crippen LogP contribution is 2.29. The number of rotatable bonds is 7. The fraction of sp³-hybridized carbons (Fsp3) is 0.250. The van der Waals surface area contributed by atoms with Gasteiger partial charge in [0.2, 0.25) is 0 Å². The second-order valence-corrected chi connectivity index (χ2v) is 7.33. The van der Waals surface area contributed by atoms with Crippen molar-refractivity contribution in [1.29, 1.82) is 0 Å². The van der Waals surface area contributed by atoms with Crippen LogP contribution in [0.5, 0.6) is 0 Å². The maximum absolute atomic E-state index is 12.8. The Morgan fingerprint density at radius 2 is 1.97 bits per heavy atom. The molecule has 3 N–H and O–H groups in total. The van der Waals surface area contributed by atoms with Crippen LogP contribution in [0.1, 0.15) is 37.3 Å². The minimum absolute atomic E-state index is 0.0177. The lowest BCUT2D eigenvalue weighted by Crippen LogP contribution is -2.48. The lowest BCUT2D eigenvalue weighted by molar-refractivity contribution is -0.139. The molecule has 4 rings (SSSR count). The normalized spacial score (nSPS) is 17.2. The largest absolute Gasteiger partial charge is 0.467 e. The molecule has 0 spiro atoms. The van der Waals surface area contributed by atoms with Crippen molar-refractivity contribution in [2.24, 2.45) is 0 Å². The maximum Gasteiger partial charge on any atom is 0.338 e. The van der Waals surface area contributed by atoms with Gasteiger partial charge in [0, 0.05) is 18.3 Å². The number of furan rings is 1. The molecule has 1 aliphatic rings. The lowest BCUT2D eigenvalue weighted by atomic mass is 9.98. The molecule has 0 saturated heterocycles. The highest BCUT2D eigenvalue weighted by molar-refractivity contribution is 5.95. The van der Waals surface area contributed by atoms with Crippen molar-refractivity contribution in [1.82, 2.24) is 16.0 Å². The average molecular weight is 419 g/mol. The molecule has 2 atom stereocenters. The summed E-state index contributed by atoms with van der Waals surface area (Å²) >= 11 is 0. The quantitative estimate of drug-likeness (QED) is 0.504. The zero-order valence-electron chi connectivity index (χ0n) is 17.5. The highest BCUT2D eigenvalue weighted by atomic mass is 16.5. The van der Waals surface area contributed by atoms with E-state index >= 15 is 0 Å². The van der Waals surface area contributed by atoms with Gasteiger partial charge >= 0.3 is 12.0 Å². The molecule has 1 aromatic heterocycles. The maximum atomic E-state index is 12.8. The molecule has 160 valence electrons. The van der Waals surface area contributed by atoms with Crippen LogP contribution in [0.2, 0.25) is 0 Å². The van der Waals surface area contributed by atoms with Gasteiger partial charge in [-0.05, 0) is 42.3 Å². The number of carbonyl (C=O) groups is 2. The van der Waals surface area contributed by atoms with Crippen molar-refractivity contribution in [3.63, 3.8) is 0 Å². The summed E-state index contributed by atoms with van der Waals surface area (Å²) in [6, 6.07) is 16.7. The van der Waals surface area contributed by atoms with E-state index in [2.05, 4.69) is 47.1 Å². The molecule has 0 radical (unpaired) electrons. The van der Waals surface area contributed by atoms with Gasteiger partial charge in [0.25, 0.3) is 0 Å². The molecule has 1 aliphatic heterocycles. The third-order valence-electron chi connectivity index (χ3n) is 5.35. The van der Waals surface area contributed by atoms with Crippen LogP contribution in [0.3, 0.4) is 0 Å². The Kier molecular flexibility index (Phi) is 6.04. The fourth-order valence-corrected chi connectivity index (χ4v) is 3.87. The van der Waals surface area contributed by atoms with E-state index in [1.807, 2.05) is 18.2 Å². The van der Waals surface area contributed by atoms with E-state index in [4.69, 9.17) is 9.15 Å². The summed E-state index contributed by atoms with van der Waals surface area (Å²) in [6.45, 7) is 4.31. The zero-order valence-corrected chi connectivity index (χ0v) is 17.5. The standard InChI is InChI=1S/C24H25N3O4/c1-3-30-23(28)21-19(26-24(29)27-22(21)20-12-7-13-31-20)14-25-15(2)17-11-6-9-16-8-4-5-10-18(16)17/h4-13,15,22,25H,3,14H2,1-2H3,(H2,26,27,29)/t15-,22-/m0/s1. The van der Waals surface area contributed by atoms with Crippen molar-refractivity contribution in [2.75, 3.05) is 13.2 Å². The van der Waals surface area contributed by atoms with Crippen molar-refractivity contribution < 1.29 is 18.7 Å². The number of ether oxygens (including phenoxy) is 1.